The fraction of sp³-hybridized carbons (Fsp3) is 0.0500. The average Bonchev–Trinajstić information content (AvgIpc) is 2.65. The number of H-pyrrole nitrogens is 1. The first-order chi connectivity index (χ1) is 12.6. The van der Waals surface area contributed by atoms with Crippen LogP contribution in [0, 0.1) is 0 Å². The molecule has 0 aliphatic rings. The lowest BCUT2D eigenvalue weighted by Crippen LogP contribution is -2.05. The standard InChI is InChI=1S/C20H16N2O4/c23-19-10-11-21-18(22-19)9-8-14-4-3-6-16(12-14)26-13-15-5-1-2-7-17(15)20(24)25/h1-12H,13H2,(H,24,25)(H,21,22,23). The van der Waals surface area contributed by atoms with Gasteiger partial charge in [0.25, 0.3) is 5.56 Å². The molecule has 1 heterocycles. The lowest BCUT2D eigenvalue weighted by atomic mass is 10.1. The Kier molecular flexibility index (Phi) is 5.24. The highest BCUT2D eigenvalue weighted by atomic mass is 16.5. The highest BCUT2D eigenvalue weighted by Gasteiger charge is 2.09. The minimum absolute atomic E-state index is 0.156. The van der Waals surface area contributed by atoms with Gasteiger partial charge in [0.1, 0.15) is 18.2 Å². The van der Waals surface area contributed by atoms with E-state index in [0.717, 1.165) is 5.56 Å². The van der Waals surface area contributed by atoms with Crippen LogP contribution in [0.3, 0.4) is 0 Å². The summed E-state index contributed by atoms with van der Waals surface area (Å²) in [6.45, 7) is 0.156. The predicted molar refractivity (Wildman–Crippen MR) is 98.0 cm³/mol. The number of aromatic amines is 1. The summed E-state index contributed by atoms with van der Waals surface area (Å²) >= 11 is 0. The number of aromatic carboxylic acids is 1. The molecule has 0 radical (unpaired) electrons. The number of nitrogens with zero attached hydrogens (tertiary/aromatic N) is 1. The lowest BCUT2D eigenvalue weighted by Gasteiger charge is -2.09. The van der Waals surface area contributed by atoms with Crippen molar-refractivity contribution in [2.75, 3.05) is 0 Å². The van der Waals surface area contributed by atoms with Gasteiger partial charge in [-0.2, -0.15) is 0 Å². The van der Waals surface area contributed by atoms with E-state index in [0.29, 0.717) is 17.1 Å². The molecule has 0 aliphatic carbocycles. The van der Waals surface area contributed by atoms with E-state index in [1.807, 2.05) is 18.2 Å². The van der Waals surface area contributed by atoms with Gasteiger partial charge in [-0.3, -0.25) is 4.79 Å². The van der Waals surface area contributed by atoms with Crippen LogP contribution in [0.2, 0.25) is 0 Å². The second-order valence-electron chi connectivity index (χ2n) is 5.48. The first kappa shape index (κ1) is 17.2. The molecule has 0 amide bonds. The van der Waals surface area contributed by atoms with Gasteiger partial charge in [0.15, 0.2) is 0 Å². The smallest absolute Gasteiger partial charge is 0.336 e. The number of rotatable bonds is 6. The number of carbonyl (C=O) groups is 1. The molecular formula is C20H16N2O4. The molecule has 3 rings (SSSR count). The Morgan fingerprint density at radius 3 is 2.77 bits per heavy atom. The second kappa shape index (κ2) is 7.94. The third-order valence-corrected chi connectivity index (χ3v) is 3.62. The first-order valence-electron chi connectivity index (χ1n) is 7.89. The number of nitrogens with one attached hydrogen (secondary N) is 1. The molecule has 0 spiro atoms. The number of aromatic nitrogens is 2. The van der Waals surface area contributed by atoms with E-state index in [1.165, 1.54) is 12.3 Å². The second-order valence-corrected chi connectivity index (χ2v) is 5.48. The zero-order valence-corrected chi connectivity index (χ0v) is 13.8. The third kappa shape index (κ3) is 4.45. The van der Waals surface area contributed by atoms with Crippen LogP contribution in [0.15, 0.2) is 65.6 Å². The topological polar surface area (TPSA) is 92.3 Å². The molecule has 2 N–H and O–H groups in total. The van der Waals surface area contributed by atoms with Gasteiger partial charge in [-0.15, -0.1) is 0 Å². The van der Waals surface area contributed by atoms with Crippen LogP contribution in [0.25, 0.3) is 12.2 Å². The molecule has 3 aromatic rings. The molecule has 2 aromatic carbocycles. The van der Waals surface area contributed by atoms with Gasteiger partial charge < -0.3 is 14.8 Å². The van der Waals surface area contributed by atoms with Crippen LogP contribution >= 0.6 is 0 Å². The summed E-state index contributed by atoms with van der Waals surface area (Å²) < 4.78 is 5.72. The summed E-state index contributed by atoms with van der Waals surface area (Å²) in [6, 6.07) is 15.4. The maximum absolute atomic E-state index is 11.3. The van der Waals surface area contributed by atoms with Crippen LogP contribution < -0.4 is 10.3 Å². The summed E-state index contributed by atoms with van der Waals surface area (Å²) in [4.78, 5) is 29.2. The van der Waals surface area contributed by atoms with E-state index in [2.05, 4.69) is 9.97 Å². The Morgan fingerprint density at radius 2 is 1.96 bits per heavy atom. The van der Waals surface area contributed by atoms with Crippen molar-refractivity contribution in [3.8, 4) is 5.75 Å². The Hall–Kier alpha value is -3.67. The van der Waals surface area contributed by atoms with Crippen molar-refractivity contribution in [3.05, 3.63) is 93.7 Å². The third-order valence-electron chi connectivity index (χ3n) is 3.62. The molecule has 0 fully saturated rings. The fourth-order valence-corrected chi connectivity index (χ4v) is 2.37. The van der Waals surface area contributed by atoms with Crippen molar-refractivity contribution in [2.45, 2.75) is 6.61 Å². The Labute approximate surface area is 149 Å². The quantitative estimate of drug-likeness (QED) is 0.713. The summed E-state index contributed by atoms with van der Waals surface area (Å²) in [7, 11) is 0. The molecular weight excluding hydrogens is 332 g/mol. The Morgan fingerprint density at radius 1 is 1.12 bits per heavy atom. The molecule has 0 aliphatic heterocycles. The summed E-state index contributed by atoms with van der Waals surface area (Å²) in [5.41, 5.74) is 1.48. The predicted octanol–water partition coefficient (Wildman–Crippen LogP) is 3.22. The number of carboxylic acids is 1. The molecule has 26 heavy (non-hydrogen) atoms. The van der Waals surface area contributed by atoms with Gasteiger partial charge in [-0.05, 0) is 29.8 Å². The van der Waals surface area contributed by atoms with Gasteiger partial charge in [0, 0.05) is 17.8 Å². The van der Waals surface area contributed by atoms with E-state index in [4.69, 9.17) is 4.74 Å². The number of ether oxygens (including phenoxy) is 1. The SMILES string of the molecule is O=C(O)c1ccccc1COc1cccc(C=Cc2nccc(=O)[nH]2)c1. The van der Waals surface area contributed by atoms with Crippen molar-refractivity contribution >= 4 is 18.1 Å². The molecule has 6 heteroatoms. The summed E-state index contributed by atoms with van der Waals surface area (Å²) in [5.74, 6) is 0.0892. The summed E-state index contributed by atoms with van der Waals surface area (Å²) in [6.07, 6.45) is 4.94. The van der Waals surface area contributed by atoms with E-state index >= 15 is 0 Å². The first-order valence-corrected chi connectivity index (χ1v) is 7.89. The maximum Gasteiger partial charge on any atom is 0.336 e. The Bertz CT molecular complexity index is 1010. The van der Waals surface area contributed by atoms with Gasteiger partial charge in [0.05, 0.1) is 5.56 Å². The maximum atomic E-state index is 11.3. The van der Waals surface area contributed by atoms with Crippen molar-refractivity contribution in [2.24, 2.45) is 0 Å². The van der Waals surface area contributed by atoms with E-state index in [-0.39, 0.29) is 17.7 Å². The number of hydrogen-bond acceptors (Lipinski definition) is 4. The molecule has 130 valence electrons. The fourth-order valence-electron chi connectivity index (χ4n) is 2.37. The van der Waals surface area contributed by atoms with Crippen LogP contribution in [0.5, 0.6) is 5.75 Å². The van der Waals surface area contributed by atoms with Gasteiger partial charge >= 0.3 is 5.97 Å². The lowest BCUT2D eigenvalue weighted by molar-refractivity contribution is 0.0694. The molecule has 1 aromatic heterocycles. The minimum atomic E-state index is -0.981. The minimum Gasteiger partial charge on any atom is -0.489 e. The van der Waals surface area contributed by atoms with Crippen molar-refractivity contribution in [1.82, 2.24) is 9.97 Å². The monoisotopic (exact) mass is 348 g/mol. The van der Waals surface area contributed by atoms with Crippen molar-refractivity contribution in [3.63, 3.8) is 0 Å². The highest BCUT2D eigenvalue weighted by molar-refractivity contribution is 5.89. The van der Waals surface area contributed by atoms with Crippen molar-refractivity contribution < 1.29 is 14.6 Å². The number of hydrogen-bond donors (Lipinski definition) is 2. The zero-order valence-electron chi connectivity index (χ0n) is 13.8. The average molecular weight is 348 g/mol. The highest BCUT2D eigenvalue weighted by Crippen LogP contribution is 2.18. The van der Waals surface area contributed by atoms with Crippen LogP contribution in [-0.2, 0) is 6.61 Å². The van der Waals surface area contributed by atoms with E-state index < -0.39 is 5.97 Å². The zero-order chi connectivity index (χ0) is 18.4. The van der Waals surface area contributed by atoms with Crippen LogP contribution in [0.1, 0.15) is 27.3 Å². The molecule has 0 saturated carbocycles. The Balaban J connectivity index is 1.72. The molecule has 0 atom stereocenters. The summed E-state index contributed by atoms with van der Waals surface area (Å²) in [5, 5.41) is 9.21. The largest absolute Gasteiger partial charge is 0.489 e. The van der Waals surface area contributed by atoms with E-state index in [9.17, 15) is 14.7 Å². The molecule has 0 unspecified atom stereocenters. The van der Waals surface area contributed by atoms with Crippen LogP contribution in [0.4, 0.5) is 0 Å². The number of carboxylic acid groups (broad SMARTS) is 1. The van der Waals surface area contributed by atoms with E-state index in [1.54, 1.807) is 42.5 Å². The molecule has 0 saturated heterocycles. The van der Waals surface area contributed by atoms with Gasteiger partial charge in [0.2, 0.25) is 0 Å². The van der Waals surface area contributed by atoms with Crippen molar-refractivity contribution in [1.29, 1.82) is 0 Å². The normalized spacial score (nSPS) is 10.8. The van der Waals surface area contributed by atoms with Gasteiger partial charge in [-0.25, -0.2) is 9.78 Å². The molecule has 0 bridgehead atoms. The van der Waals surface area contributed by atoms with Crippen LogP contribution in [-0.4, -0.2) is 21.0 Å². The number of benzene rings is 2. The molecule has 6 nitrogen and oxygen atoms in total. The van der Waals surface area contributed by atoms with Gasteiger partial charge in [-0.1, -0.05) is 36.4 Å².